The van der Waals surface area contributed by atoms with Crippen LogP contribution >= 0.6 is 10.5 Å². The van der Waals surface area contributed by atoms with Crippen molar-refractivity contribution >= 4 is 34.3 Å². The molecule has 0 saturated heterocycles. The van der Waals surface area contributed by atoms with Gasteiger partial charge in [-0.2, -0.15) is 15.6 Å². The van der Waals surface area contributed by atoms with E-state index in [9.17, 15) is 14.9 Å². The first kappa shape index (κ1) is 29.1. The lowest BCUT2D eigenvalue weighted by Crippen LogP contribution is -2.29. The second-order valence-corrected chi connectivity index (χ2v) is 12.0. The van der Waals surface area contributed by atoms with Gasteiger partial charge in [0.1, 0.15) is 11.6 Å². The third-order valence-electron chi connectivity index (χ3n) is 6.31. The molecule has 1 aromatic heterocycles. The van der Waals surface area contributed by atoms with Gasteiger partial charge in [0.05, 0.1) is 22.3 Å². The summed E-state index contributed by atoms with van der Waals surface area (Å²) in [5, 5.41) is 14.8. The molecule has 1 fully saturated rings. The number of benzene rings is 2. The van der Waals surface area contributed by atoms with Crippen LogP contribution in [-0.2, 0) is 26.6 Å². The smallest absolute Gasteiger partial charge is 0.298 e. The van der Waals surface area contributed by atoms with Gasteiger partial charge in [-0.25, -0.2) is 4.68 Å². The first-order valence-electron chi connectivity index (χ1n) is 12.3. The van der Waals surface area contributed by atoms with Crippen LogP contribution in [0, 0.1) is 10.1 Å². The van der Waals surface area contributed by atoms with Crippen molar-refractivity contribution in [3.63, 3.8) is 0 Å². The zero-order valence-electron chi connectivity index (χ0n) is 22.3. The van der Waals surface area contributed by atoms with Crippen molar-refractivity contribution in [2.45, 2.75) is 62.7 Å². The fourth-order valence-electron chi connectivity index (χ4n) is 4.18. The molecule has 2 aliphatic rings. The predicted molar refractivity (Wildman–Crippen MR) is 153 cm³/mol. The van der Waals surface area contributed by atoms with E-state index in [1.807, 2.05) is 10.7 Å². The zero-order valence-corrected chi connectivity index (χ0v) is 23.1. The van der Waals surface area contributed by atoms with E-state index in [2.05, 4.69) is 60.7 Å². The lowest BCUT2D eigenvalue weighted by atomic mass is 9.80. The molecule has 1 aliphatic heterocycles. The minimum absolute atomic E-state index is 0.0340. The van der Waals surface area contributed by atoms with E-state index < -0.39 is 4.92 Å². The van der Waals surface area contributed by atoms with Crippen molar-refractivity contribution in [2.75, 3.05) is 12.8 Å². The molecule has 38 heavy (non-hydrogen) atoms. The Bertz CT molecular complexity index is 1230. The maximum absolute atomic E-state index is 10.2. The summed E-state index contributed by atoms with van der Waals surface area (Å²) >= 11 is 0. The Morgan fingerprint density at radius 2 is 1.71 bits per heavy atom. The van der Waals surface area contributed by atoms with Crippen molar-refractivity contribution in [3.8, 4) is 5.75 Å². The molecule has 1 aliphatic carbocycles. The number of hydrogen-bond acceptors (Lipinski definition) is 7. The number of non-ortho nitro benzene ring substituents is 1. The number of rotatable bonds is 5. The molecule has 0 atom stereocenters. The Balaban J connectivity index is 0.000000163. The molecule has 2 N–H and O–H groups in total. The number of nitrogen functional groups attached to an aromatic ring is 1. The highest BCUT2D eigenvalue weighted by Gasteiger charge is 2.33. The molecule has 0 amide bonds. The number of anilines is 1. The number of nitrogens with zero attached hydrogens (tertiary/aromatic N) is 3. The monoisotopic (exact) mass is 540 g/mol. The molecule has 204 valence electrons. The van der Waals surface area contributed by atoms with E-state index in [-0.39, 0.29) is 23.4 Å². The topological polar surface area (TPSA) is 123 Å². The first-order valence-corrected chi connectivity index (χ1v) is 14.0. The highest BCUT2D eigenvalue weighted by atomic mass is 32.2. The molecule has 2 aromatic carbocycles. The number of aromatic nitrogens is 2. The van der Waals surface area contributed by atoms with Gasteiger partial charge in [0.2, 0.25) is 0 Å². The molecule has 3 aromatic rings. The second-order valence-electron chi connectivity index (χ2n) is 10.2. The molecule has 2 heterocycles. The zero-order chi connectivity index (χ0) is 27.9. The number of carbonyl (C=O) groups is 1. The summed E-state index contributed by atoms with van der Waals surface area (Å²) in [6, 6.07) is 15.9. The number of nitrogens with two attached hydrogens (primary N) is 1. The van der Waals surface area contributed by atoms with Gasteiger partial charge in [-0.3, -0.25) is 14.9 Å². The summed E-state index contributed by atoms with van der Waals surface area (Å²) in [6.45, 7) is 6.60. The SMILES string of the molecule is C=S1Cc2ccccc2C1.COC1CC(c2cc(N)n(C(C)(C)C)n2)C1.O=COc1ccc([N+](=O)[O-])cc1. The van der Waals surface area contributed by atoms with E-state index in [1.165, 1.54) is 46.9 Å². The van der Waals surface area contributed by atoms with Crippen LogP contribution in [0.25, 0.3) is 0 Å². The third kappa shape index (κ3) is 7.75. The predicted octanol–water partition coefficient (Wildman–Crippen LogP) is 5.64. The van der Waals surface area contributed by atoms with Gasteiger partial charge in [0.25, 0.3) is 12.2 Å². The number of hydrogen-bond donors (Lipinski definition) is 1. The van der Waals surface area contributed by atoms with Crippen LogP contribution < -0.4 is 10.5 Å². The van der Waals surface area contributed by atoms with Crippen LogP contribution in [0.3, 0.4) is 0 Å². The van der Waals surface area contributed by atoms with E-state index >= 15 is 0 Å². The van der Waals surface area contributed by atoms with Crippen molar-refractivity contribution in [2.24, 2.45) is 0 Å². The van der Waals surface area contributed by atoms with Gasteiger partial charge in [-0.1, -0.05) is 30.1 Å². The quantitative estimate of drug-likeness (QED) is 0.192. The average molecular weight is 541 g/mol. The molecule has 5 rings (SSSR count). The summed E-state index contributed by atoms with van der Waals surface area (Å²) in [5.41, 5.74) is 10.0. The van der Waals surface area contributed by atoms with E-state index in [0.717, 1.165) is 24.4 Å². The fraction of sp³-hybridized carbons (Fsp3) is 0.393. The van der Waals surface area contributed by atoms with E-state index in [4.69, 9.17) is 10.5 Å². The average Bonchev–Trinajstić information content (AvgIpc) is 3.41. The molecular formula is C28H36N4O5S. The second kappa shape index (κ2) is 12.8. The molecule has 0 unspecified atom stereocenters. The van der Waals surface area contributed by atoms with Gasteiger partial charge >= 0.3 is 0 Å². The Morgan fingerprint density at radius 1 is 1.13 bits per heavy atom. The molecule has 9 nitrogen and oxygen atoms in total. The van der Waals surface area contributed by atoms with E-state index in [0.29, 0.717) is 22.5 Å². The fourth-order valence-corrected chi connectivity index (χ4v) is 5.73. The Hall–Kier alpha value is -3.50. The van der Waals surface area contributed by atoms with E-state index in [1.54, 1.807) is 7.11 Å². The van der Waals surface area contributed by atoms with Gasteiger partial charge in [0.15, 0.2) is 0 Å². The Morgan fingerprint density at radius 3 is 2.16 bits per heavy atom. The maximum atomic E-state index is 10.2. The molecule has 0 spiro atoms. The summed E-state index contributed by atoms with van der Waals surface area (Å²) in [5.74, 6) is 8.05. The molecule has 1 saturated carbocycles. The molecule has 0 radical (unpaired) electrons. The number of nitro benzene ring substituents is 1. The van der Waals surface area contributed by atoms with Crippen molar-refractivity contribution < 1.29 is 19.2 Å². The summed E-state index contributed by atoms with van der Waals surface area (Å²) in [7, 11) is 2.15. The van der Waals surface area contributed by atoms with Crippen molar-refractivity contribution in [1.82, 2.24) is 9.78 Å². The summed E-state index contributed by atoms with van der Waals surface area (Å²) in [6.07, 6.45) is 2.54. The number of nitro groups is 1. The van der Waals surface area contributed by atoms with Crippen LogP contribution in [0.15, 0.2) is 54.6 Å². The molecule has 0 bridgehead atoms. The Labute approximate surface area is 226 Å². The van der Waals surface area contributed by atoms with Crippen LogP contribution in [0.5, 0.6) is 5.75 Å². The van der Waals surface area contributed by atoms with Crippen LogP contribution in [0.1, 0.15) is 56.4 Å². The van der Waals surface area contributed by atoms with Gasteiger partial charge in [0, 0.05) is 42.7 Å². The third-order valence-corrected chi connectivity index (χ3v) is 7.75. The summed E-state index contributed by atoms with van der Waals surface area (Å²) in [4.78, 5) is 19.5. The van der Waals surface area contributed by atoms with Gasteiger partial charge in [-0.05, 0) is 56.9 Å². The minimum Gasteiger partial charge on any atom is -0.429 e. The molecular weight excluding hydrogens is 504 g/mol. The number of carbonyl (C=O) groups excluding carboxylic acids is 1. The standard InChI is InChI=1S/C12H21N3O.C9H10S.C7H5NO4/c1-12(2,3)15-11(13)7-10(14-15)8-5-9(6-8)16-4;1-10-6-8-4-2-3-5-9(8)7-10;9-5-12-7-3-1-6(2-4-7)8(10)11/h7-9H,5-6,13H2,1-4H3;2-5H,1,6-7H2;1-5H. The lowest BCUT2D eigenvalue weighted by Gasteiger charge is -2.32. The van der Waals surface area contributed by atoms with Crippen molar-refractivity contribution in [3.05, 3.63) is 81.5 Å². The van der Waals surface area contributed by atoms with Gasteiger partial charge in [-0.15, -0.1) is 0 Å². The van der Waals surface area contributed by atoms with Crippen LogP contribution in [0.2, 0.25) is 0 Å². The molecule has 10 heteroatoms. The summed E-state index contributed by atoms with van der Waals surface area (Å²) < 4.78 is 11.6. The normalized spacial score (nSPS) is 18.1. The number of methoxy groups -OCH3 is 1. The van der Waals surface area contributed by atoms with Crippen LogP contribution in [-0.4, -0.2) is 40.3 Å². The lowest BCUT2D eigenvalue weighted by molar-refractivity contribution is -0.384. The highest BCUT2D eigenvalue weighted by Crippen LogP contribution is 2.39. The van der Waals surface area contributed by atoms with Crippen LogP contribution in [0.4, 0.5) is 11.5 Å². The first-order chi connectivity index (χ1) is 18.0. The number of ether oxygens (including phenoxy) is 2. The highest BCUT2D eigenvalue weighted by molar-refractivity contribution is 8.12. The number of fused-ring (bicyclic) bond motifs is 1. The van der Waals surface area contributed by atoms with Crippen molar-refractivity contribution in [1.29, 1.82) is 0 Å². The largest absolute Gasteiger partial charge is 0.429 e. The Kier molecular flexibility index (Phi) is 9.82. The van der Waals surface area contributed by atoms with Gasteiger partial charge < -0.3 is 15.2 Å². The minimum atomic E-state index is -0.523. The maximum Gasteiger partial charge on any atom is 0.298 e.